The minimum atomic E-state index is -1.55. The van der Waals surface area contributed by atoms with Crippen LogP contribution in [0.5, 0.6) is 11.5 Å². The third kappa shape index (κ3) is 4.71. The minimum absolute atomic E-state index is 0.221. The Kier molecular flexibility index (Phi) is 6.95. The predicted molar refractivity (Wildman–Crippen MR) is 88.4 cm³/mol. The van der Waals surface area contributed by atoms with Crippen LogP contribution in [0.1, 0.15) is 5.56 Å². The van der Waals surface area contributed by atoms with E-state index in [9.17, 15) is 25.2 Å². The van der Waals surface area contributed by atoms with Gasteiger partial charge in [0.25, 0.3) is 0 Å². The van der Waals surface area contributed by atoms with Crippen LogP contribution in [-0.4, -0.2) is 77.9 Å². The van der Waals surface area contributed by atoms with Crippen LogP contribution in [0.4, 0.5) is 0 Å². The first-order chi connectivity index (χ1) is 12.4. The van der Waals surface area contributed by atoms with Gasteiger partial charge in [0.1, 0.15) is 35.9 Å². The second kappa shape index (κ2) is 8.97. The topological polar surface area (TPSA) is 135 Å². The molecule has 1 aromatic rings. The summed E-state index contributed by atoms with van der Waals surface area (Å²) in [6.07, 6.45) is -4.26. The van der Waals surface area contributed by atoms with Gasteiger partial charge >= 0.3 is 5.97 Å². The number of benzene rings is 1. The molecule has 26 heavy (non-hydrogen) atoms. The lowest BCUT2D eigenvalue weighted by Gasteiger charge is -2.39. The predicted octanol–water partition coefficient (Wildman–Crippen LogP) is -0.940. The van der Waals surface area contributed by atoms with Crippen molar-refractivity contribution in [2.45, 2.75) is 30.7 Å². The number of esters is 1. The highest BCUT2D eigenvalue weighted by atomic mass is 16.7. The summed E-state index contributed by atoms with van der Waals surface area (Å²) in [6.45, 7) is -0.559. The molecule has 5 atom stereocenters. The summed E-state index contributed by atoms with van der Waals surface area (Å²) >= 11 is 0. The lowest BCUT2D eigenvalue weighted by molar-refractivity contribution is -0.277. The Labute approximate surface area is 150 Å². The zero-order chi connectivity index (χ0) is 19.3. The Morgan fingerprint density at radius 2 is 1.81 bits per heavy atom. The SMILES string of the molecule is COC(=O)/C=C\c1cc(OC)cc(OC2OC(CO)C(O)C(O)C2O)c1. The molecule has 9 heteroatoms. The normalized spacial score (nSPS) is 28.8. The van der Waals surface area contributed by atoms with Gasteiger partial charge in [-0.25, -0.2) is 4.79 Å². The summed E-state index contributed by atoms with van der Waals surface area (Å²) in [5.41, 5.74) is 0.550. The van der Waals surface area contributed by atoms with Crippen LogP contribution >= 0.6 is 0 Å². The maximum absolute atomic E-state index is 11.2. The molecule has 1 aliphatic rings. The molecule has 1 aliphatic heterocycles. The number of hydrogen-bond acceptors (Lipinski definition) is 9. The van der Waals surface area contributed by atoms with Crippen molar-refractivity contribution >= 4 is 12.0 Å². The number of ether oxygens (including phenoxy) is 4. The molecule has 1 saturated heterocycles. The van der Waals surface area contributed by atoms with E-state index in [1.54, 1.807) is 12.1 Å². The molecule has 1 aromatic carbocycles. The van der Waals surface area contributed by atoms with E-state index in [-0.39, 0.29) is 5.75 Å². The average Bonchev–Trinajstić information content (AvgIpc) is 2.66. The Hall–Kier alpha value is -2.17. The summed E-state index contributed by atoms with van der Waals surface area (Å²) in [7, 11) is 2.70. The molecule has 9 nitrogen and oxygen atoms in total. The van der Waals surface area contributed by atoms with Crippen molar-refractivity contribution in [3.05, 3.63) is 29.8 Å². The number of aliphatic hydroxyl groups excluding tert-OH is 4. The van der Waals surface area contributed by atoms with Crippen molar-refractivity contribution in [1.29, 1.82) is 0 Å². The maximum Gasteiger partial charge on any atom is 0.330 e. The number of carbonyl (C=O) groups is 1. The highest BCUT2D eigenvalue weighted by molar-refractivity contribution is 5.87. The van der Waals surface area contributed by atoms with Gasteiger partial charge in [-0.15, -0.1) is 0 Å². The molecular formula is C17H22O9. The van der Waals surface area contributed by atoms with Gasteiger partial charge in [-0.3, -0.25) is 0 Å². The fourth-order valence-electron chi connectivity index (χ4n) is 2.41. The van der Waals surface area contributed by atoms with Crippen molar-refractivity contribution in [2.24, 2.45) is 0 Å². The van der Waals surface area contributed by atoms with E-state index < -0.39 is 43.3 Å². The summed E-state index contributed by atoms with van der Waals surface area (Å²) in [4.78, 5) is 11.2. The highest BCUT2D eigenvalue weighted by Crippen LogP contribution is 2.28. The minimum Gasteiger partial charge on any atom is -0.497 e. The summed E-state index contributed by atoms with van der Waals surface area (Å²) in [6, 6.07) is 4.69. The molecule has 4 N–H and O–H groups in total. The molecule has 0 aliphatic carbocycles. The van der Waals surface area contributed by atoms with E-state index in [0.29, 0.717) is 11.3 Å². The first-order valence-corrected chi connectivity index (χ1v) is 7.82. The third-order valence-electron chi connectivity index (χ3n) is 3.85. The Balaban J connectivity index is 2.22. The quantitative estimate of drug-likeness (QED) is 0.370. The molecule has 0 aromatic heterocycles. The van der Waals surface area contributed by atoms with Gasteiger partial charge in [0.15, 0.2) is 0 Å². The first-order valence-electron chi connectivity index (χ1n) is 7.82. The number of aliphatic hydroxyl groups is 4. The molecule has 0 spiro atoms. The van der Waals surface area contributed by atoms with Crippen molar-refractivity contribution in [3.8, 4) is 11.5 Å². The van der Waals surface area contributed by atoms with Crippen LogP contribution in [0.15, 0.2) is 24.3 Å². The van der Waals surface area contributed by atoms with Gasteiger partial charge in [0, 0.05) is 12.1 Å². The van der Waals surface area contributed by atoms with Gasteiger partial charge in [0.05, 0.1) is 20.8 Å². The van der Waals surface area contributed by atoms with Gasteiger partial charge < -0.3 is 39.4 Å². The van der Waals surface area contributed by atoms with E-state index in [4.69, 9.17) is 14.2 Å². The zero-order valence-electron chi connectivity index (χ0n) is 14.3. The van der Waals surface area contributed by atoms with Crippen molar-refractivity contribution in [3.63, 3.8) is 0 Å². The number of rotatable bonds is 6. The lowest BCUT2D eigenvalue weighted by atomic mass is 9.99. The van der Waals surface area contributed by atoms with Gasteiger partial charge in [-0.2, -0.15) is 0 Å². The summed E-state index contributed by atoms with van der Waals surface area (Å²) in [5, 5.41) is 38.9. The number of carbonyl (C=O) groups excluding carboxylic acids is 1. The van der Waals surface area contributed by atoms with E-state index in [2.05, 4.69) is 4.74 Å². The average molecular weight is 370 g/mol. The molecule has 0 saturated carbocycles. The monoisotopic (exact) mass is 370 g/mol. The van der Waals surface area contributed by atoms with Gasteiger partial charge in [-0.05, 0) is 23.8 Å². The fourth-order valence-corrected chi connectivity index (χ4v) is 2.41. The molecular weight excluding hydrogens is 348 g/mol. The van der Waals surface area contributed by atoms with Crippen LogP contribution in [0, 0.1) is 0 Å². The van der Waals surface area contributed by atoms with E-state index >= 15 is 0 Å². The lowest BCUT2D eigenvalue weighted by Crippen LogP contribution is -2.60. The van der Waals surface area contributed by atoms with Crippen LogP contribution in [0.3, 0.4) is 0 Å². The highest BCUT2D eigenvalue weighted by Gasteiger charge is 2.44. The molecule has 0 radical (unpaired) electrons. The number of hydrogen-bond donors (Lipinski definition) is 4. The van der Waals surface area contributed by atoms with Gasteiger partial charge in [-0.1, -0.05) is 0 Å². The smallest absolute Gasteiger partial charge is 0.330 e. The van der Waals surface area contributed by atoms with Crippen LogP contribution < -0.4 is 9.47 Å². The Bertz CT molecular complexity index is 643. The summed E-state index contributed by atoms with van der Waals surface area (Å²) < 4.78 is 20.5. The molecule has 2 rings (SSSR count). The van der Waals surface area contributed by atoms with Crippen molar-refractivity contribution < 1.29 is 44.2 Å². The largest absolute Gasteiger partial charge is 0.497 e. The van der Waals surface area contributed by atoms with Crippen molar-refractivity contribution in [2.75, 3.05) is 20.8 Å². The second-order valence-electron chi connectivity index (χ2n) is 5.61. The third-order valence-corrected chi connectivity index (χ3v) is 3.85. The van der Waals surface area contributed by atoms with Crippen molar-refractivity contribution in [1.82, 2.24) is 0 Å². The maximum atomic E-state index is 11.2. The first kappa shape index (κ1) is 20.1. The number of methoxy groups -OCH3 is 2. The molecule has 144 valence electrons. The fraction of sp³-hybridized carbons (Fsp3) is 0.471. The van der Waals surface area contributed by atoms with Crippen LogP contribution in [0.25, 0.3) is 6.08 Å². The van der Waals surface area contributed by atoms with E-state index in [0.717, 1.165) is 0 Å². The molecule has 0 bridgehead atoms. The Morgan fingerprint density at radius 1 is 1.12 bits per heavy atom. The zero-order valence-corrected chi connectivity index (χ0v) is 14.3. The molecule has 0 amide bonds. The standard InChI is InChI=1S/C17H22O9/c1-23-10-5-9(3-4-13(19)24-2)6-11(7-10)25-17-16(22)15(21)14(20)12(8-18)26-17/h3-7,12,14-18,20-22H,8H2,1-2H3/b4-3-. The second-order valence-corrected chi connectivity index (χ2v) is 5.61. The van der Waals surface area contributed by atoms with Crippen LogP contribution in [-0.2, 0) is 14.3 Å². The van der Waals surface area contributed by atoms with Gasteiger partial charge in [0.2, 0.25) is 6.29 Å². The molecule has 5 unspecified atom stereocenters. The van der Waals surface area contributed by atoms with Crippen LogP contribution in [0.2, 0.25) is 0 Å². The molecule has 1 fully saturated rings. The summed E-state index contributed by atoms with van der Waals surface area (Å²) in [5.74, 6) is 0.0963. The molecule has 1 heterocycles. The van der Waals surface area contributed by atoms with E-state index in [1.165, 1.54) is 32.4 Å². The Morgan fingerprint density at radius 3 is 2.42 bits per heavy atom. The van der Waals surface area contributed by atoms with E-state index in [1.807, 2.05) is 0 Å².